The molecule has 0 saturated heterocycles. The maximum Gasteiger partial charge on any atom is 0.322 e. The van der Waals surface area contributed by atoms with Gasteiger partial charge in [-0.25, -0.2) is 4.79 Å². The number of urea groups is 1. The van der Waals surface area contributed by atoms with Gasteiger partial charge in [0.05, 0.1) is 18.2 Å². The Balaban J connectivity index is 1.59. The van der Waals surface area contributed by atoms with Crippen LogP contribution in [0.5, 0.6) is 0 Å². The van der Waals surface area contributed by atoms with Crippen molar-refractivity contribution in [1.82, 2.24) is 20.4 Å². The van der Waals surface area contributed by atoms with Gasteiger partial charge in [0.1, 0.15) is 0 Å². The molecule has 2 heterocycles. The first-order valence-electron chi connectivity index (χ1n) is 11.7. The molecule has 6 nitrogen and oxygen atoms in total. The molecular weight excluding hydrogens is 436 g/mol. The highest BCUT2D eigenvalue weighted by molar-refractivity contribution is 5.86. The van der Waals surface area contributed by atoms with Crippen LogP contribution in [0.25, 0.3) is 17.0 Å². The third-order valence-corrected chi connectivity index (χ3v) is 6.40. The van der Waals surface area contributed by atoms with Crippen molar-refractivity contribution in [3.8, 4) is 11.4 Å². The number of rotatable bonds is 5. The largest absolute Gasteiger partial charge is 0.334 e. The van der Waals surface area contributed by atoms with E-state index in [9.17, 15) is 4.79 Å². The number of aryl methyl sites for hydroxylation is 3. The predicted molar refractivity (Wildman–Crippen MR) is 136 cm³/mol. The van der Waals surface area contributed by atoms with Gasteiger partial charge in [-0.2, -0.15) is 4.98 Å². The van der Waals surface area contributed by atoms with E-state index in [1.165, 1.54) is 0 Å². The normalized spacial score (nSPS) is 15.9. The lowest BCUT2D eigenvalue weighted by molar-refractivity contribution is 0.203. The molecule has 35 heavy (non-hydrogen) atoms. The molecule has 0 fully saturated rings. The minimum Gasteiger partial charge on any atom is -0.334 e. The van der Waals surface area contributed by atoms with Crippen molar-refractivity contribution in [2.75, 3.05) is 0 Å². The molecule has 0 saturated carbocycles. The average Bonchev–Trinajstić information content (AvgIpc) is 3.32. The first kappa shape index (κ1) is 22.6. The fraction of sp³-hybridized carbons (Fsp3) is 0.207. The number of carbonyl (C=O) groups excluding carboxylic acids is 1. The Hall–Kier alpha value is -4.19. The molecule has 0 spiro atoms. The Morgan fingerprint density at radius 1 is 0.886 bits per heavy atom. The summed E-state index contributed by atoms with van der Waals surface area (Å²) in [4.78, 5) is 19.8. The summed E-state index contributed by atoms with van der Waals surface area (Å²) in [6, 6.07) is 23.8. The van der Waals surface area contributed by atoms with Gasteiger partial charge < -0.3 is 9.84 Å². The molecule has 1 aliphatic rings. The van der Waals surface area contributed by atoms with E-state index in [0.717, 1.165) is 44.7 Å². The number of allylic oxidation sites excluding steroid dienone is 1. The molecular formula is C29H28N4O2. The number of benzene rings is 3. The quantitative estimate of drug-likeness (QED) is 0.373. The van der Waals surface area contributed by atoms with Crippen LogP contribution in [0, 0.1) is 20.8 Å². The Bertz CT molecular complexity index is 1400. The zero-order valence-corrected chi connectivity index (χ0v) is 20.4. The summed E-state index contributed by atoms with van der Waals surface area (Å²) in [7, 11) is 0. The Labute approximate surface area is 205 Å². The molecule has 1 unspecified atom stereocenters. The number of hydrogen-bond acceptors (Lipinski definition) is 4. The molecule has 3 aromatic carbocycles. The van der Waals surface area contributed by atoms with Crippen molar-refractivity contribution in [2.24, 2.45) is 0 Å². The number of amides is 2. The van der Waals surface area contributed by atoms with Crippen molar-refractivity contribution < 1.29 is 9.32 Å². The maximum atomic E-state index is 13.3. The summed E-state index contributed by atoms with van der Waals surface area (Å²) in [6.45, 7) is 8.52. The van der Waals surface area contributed by atoms with Gasteiger partial charge in [-0.3, -0.25) is 4.90 Å². The SMILES string of the molecule is CC1=C(c2nc(-c3ccc(C)cc3)no2)C(c2ccc(C)cc2)NC(=O)N1Cc1cccc(C)c1. The first-order chi connectivity index (χ1) is 16.9. The van der Waals surface area contributed by atoms with Crippen molar-refractivity contribution in [3.05, 3.63) is 112 Å². The van der Waals surface area contributed by atoms with E-state index < -0.39 is 6.04 Å². The molecule has 2 amide bonds. The lowest BCUT2D eigenvalue weighted by Gasteiger charge is -2.35. The van der Waals surface area contributed by atoms with Gasteiger partial charge in [-0.15, -0.1) is 0 Å². The smallest absolute Gasteiger partial charge is 0.322 e. The first-order valence-corrected chi connectivity index (χ1v) is 11.7. The van der Waals surface area contributed by atoms with E-state index in [1.807, 2.05) is 94.4 Å². The van der Waals surface area contributed by atoms with E-state index >= 15 is 0 Å². The topological polar surface area (TPSA) is 71.3 Å². The van der Waals surface area contributed by atoms with Gasteiger partial charge in [-0.05, 0) is 38.8 Å². The van der Waals surface area contributed by atoms with Crippen molar-refractivity contribution in [3.63, 3.8) is 0 Å². The van der Waals surface area contributed by atoms with E-state index in [2.05, 4.69) is 16.5 Å². The number of hydrogen-bond donors (Lipinski definition) is 1. The van der Waals surface area contributed by atoms with E-state index in [4.69, 9.17) is 9.51 Å². The second-order valence-electron chi connectivity index (χ2n) is 9.16. The summed E-state index contributed by atoms with van der Waals surface area (Å²) < 4.78 is 5.79. The average molecular weight is 465 g/mol. The van der Waals surface area contributed by atoms with Crippen LogP contribution in [0.3, 0.4) is 0 Å². The third kappa shape index (κ3) is 4.60. The monoisotopic (exact) mass is 464 g/mol. The summed E-state index contributed by atoms with van der Waals surface area (Å²) in [6.07, 6.45) is 0. The number of nitrogens with one attached hydrogen (secondary N) is 1. The molecule has 0 bridgehead atoms. The highest BCUT2D eigenvalue weighted by atomic mass is 16.5. The van der Waals surface area contributed by atoms with Crippen LogP contribution >= 0.6 is 0 Å². The van der Waals surface area contributed by atoms with Crippen molar-refractivity contribution >= 4 is 11.6 Å². The van der Waals surface area contributed by atoms with Gasteiger partial charge >= 0.3 is 6.03 Å². The van der Waals surface area contributed by atoms with Crippen LogP contribution in [0.15, 0.2) is 83.0 Å². The number of nitrogens with zero attached hydrogens (tertiary/aromatic N) is 3. The van der Waals surface area contributed by atoms with Crippen LogP contribution < -0.4 is 5.32 Å². The van der Waals surface area contributed by atoms with E-state index in [0.29, 0.717) is 18.3 Å². The molecule has 176 valence electrons. The van der Waals surface area contributed by atoms with Crippen LogP contribution in [0.4, 0.5) is 4.79 Å². The Kier molecular flexibility index (Phi) is 5.95. The van der Waals surface area contributed by atoms with Gasteiger partial charge in [-0.1, -0.05) is 94.6 Å². The number of aromatic nitrogens is 2. The Morgan fingerprint density at radius 3 is 2.26 bits per heavy atom. The molecule has 1 atom stereocenters. The zero-order valence-electron chi connectivity index (χ0n) is 20.4. The molecule has 0 aliphatic carbocycles. The van der Waals surface area contributed by atoms with Crippen molar-refractivity contribution in [2.45, 2.75) is 40.3 Å². The lowest BCUT2D eigenvalue weighted by atomic mass is 9.94. The van der Waals surface area contributed by atoms with Crippen LogP contribution in [-0.4, -0.2) is 21.1 Å². The fourth-order valence-electron chi connectivity index (χ4n) is 4.40. The van der Waals surface area contributed by atoms with E-state index in [-0.39, 0.29) is 6.03 Å². The minimum atomic E-state index is -0.400. The van der Waals surface area contributed by atoms with Crippen LogP contribution in [-0.2, 0) is 6.54 Å². The molecule has 1 N–H and O–H groups in total. The molecule has 1 aliphatic heterocycles. The van der Waals surface area contributed by atoms with Gasteiger partial charge in [0.2, 0.25) is 5.82 Å². The molecule has 4 aromatic rings. The van der Waals surface area contributed by atoms with E-state index in [1.54, 1.807) is 4.90 Å². The standard InChI is InChI=1S/C29H28N4O2/c1-18-8-12-23(13-9-18)26-25(28-31-27(32-35-28)24-14-10-19(2)11-15-24)21(4)33(29(34)30-26)17-22-7-5-6-20(3)16-22/h5-16,26H,17H2,1-4H3,(H,30,34). The minimum absolute atomic E-state index is 0.156. The molecule has 0 radical (unpaired) electrons. The highest BCUT2D eigenvalue weighted by Gasteiger charge is 2.35. The van der Waals surface area contributed by atoms with Gasteiger partial charge in [0.15, 0.2) is 0 Å². The zero-order chi connectivity index (χ0) is 24.5. The van der Waals surface area contributed by atoms with Gasteiger partial charge in [0, 0.05) is 11.3 Å². The fourth-order valence-corrected chi connectivity index (χ4v) is 4.40. The second kappa shape index (κ2) is 9.22. The second-order valence-corrected chi connectivity index (χ2v) is 9.16. The predicted octanol–water partition coefficient (Wildman–Crippen LogP) is 6.36. The molecule has 5 rings (SSSR count). The highest BCUT2D eigenvalue weighted by Crippen LogP contribution is 2.38. The molecule has 6 heteroatoms. The lowest BCUT2D eigenvalue weighted by Crippen LogP contribution is -2.45. The number of carbonyl (C=O) groups is 1. The van der Waals surface area contributed by atoms with Crippen molar-refractivity contribution in [1.29, 1.82) is 0 Å². The van der Waals surface area contributed by atoms with Crippen LogP contribution in [0.1, 0.15) is 46.7 Å². The van der Waals surface area contributed by atoms with Gasteiger partial charge in [0.25, 0.3) is 5.89 Å². The summed E-state index contributed by atoms with van der Waals surface area (Å²) >= 11 is 0. The summed E-state index contributed by atoms with van der Waals surface area (Å²) in [5.74, 6) is 0.919. The summed E-state index contributed by atoms with van der Waals surface area (Å²) in [5.41, 5.74) is 7.95. The van der Waals surface area contributed by atoms with Crippen LogP contribution in [0.2, 0.25) is 0 Å². The Morgan fingerprint density at radius 2 is 1.57 bits per heavy atom. The maximum absolute atomic E-state index is 13.3. The third-order valence-electron chi connectivity index (χ3n) is 6.40. The molecule has 1 aromatic heterocycles. The summed E-state index contributed by atoms with van der Waals surface area (Å²) in [5, 5.41) is 7.43.